The van der Waals surface area contributed by atoms with Gasteiger partial charge < -0.3 is 15.1 Å². The lowest BCUT2D eigenvalue weighted by Crippen LogP contribution is -2.48. The lowest BCUT2D eigenvalue weighted by Gasteiger charge is -2.26. The van der Waals surface area contributed by atoms with Gasteiger partial charge in [0.25, 0.3) is 5.91 Å². The zero-order chi connectivity index (χ0) is 15.7. The third kappa shape index (κ3) is 3.71. The van der Waals surface area contributed by atoms with Gasteiger partial charge in [0.05, 0.1) is 0 Å². The molecule has 130 valence electrons. The molecule has 0 bridgehead atoms. The standard InChI is InChI=1S/C14H21N3O4S.ClH/c1-10-13(22(19,20)17-4-2-3-5-17)6-12(21-10)14(18)16-9-11-7-15-8-11;/h6,11,15H,2-5,7-9H2,1H3,(H,16,18);1H. The minimum atomic E-state index is -3.56. The van der Waals surface area contributed by atoms with Crippen LogP contribution in [0.5, 0.6) is 0 Å². The van der Waals surface area contributed by atoms with Crippen LogP contribution in [0.3, 0.4) is 0 Å². The Kier molecular flexibility index (Phi) is 5.72. The molecule has 0 saturated carbocycles. The van der Waals surface area contributed by atoms with Gasteiger partial charge in [0.15, 0.2) is 5.76 Å². The Morgan fingerprint density at radius 3 is 2.61 bits per heavy atom. The predicted molar refractivity (Wildman–Crippen MR) is 87.4 cm³/mol. The summed E-state index contributed by atoms with van der Waals surface area (Å²) in [5.74, 6) is 0.399. The normalized spacial score (nSPS) is 19.2. The fraction of sp³-hybridized carbons (Fsp3) is 0.643. The highest BCUT2D eigenvalue weighted by Crippen LogP contribution is 2.26. The van der Waals surface area contributed by atoms with Crippen molar-refractivity contribution in [2.45, 2.75) is 24.7 Å². The van der Waals surface area contributed by atoms with Gasteiger partial charge in [-0.2, -0.15) is 4.31 Å². The number of nitrogens with one attached hydrogen (secondary N) is 2. The zero-order valence-corrected chi connectivity index (χ0v) is 14.6. The molecular formula is C14H22ClN3O4S. The van der Waals surface area contributed by atoms with E-state index >= 15 is 0 Å². The van der Waals surface area contributed by atoms with E-state index in [0.717, 1.165) is 25.9 Å². The Labute approximate surface area is 142 Å². The van der Waals surface area contributed by atoms with E-state index in [-0.39, 0.29) is 34.7 Å². The second-order valence-electron chi connectivity index (χ2n) is 5.88. The number of carbonyl (C=O) groups is 1. The number of rotatable bonds is 5. The number of furan rings is 1. The fourth-order valence-electron chi connectivity index (χ4n) is 2.72. The summed E-state index contributed by atoms with van der Waals surface area (Å²) in [7, 11) is -3.56. The Bertz CT molecular complexity index is 664. The van der Waals surface area contributed by atoms with Gasteiger partial charge in [0, 0.05) is 44.7 Å². The molecule has 0 radical (unpaired) electrons. The molecule has 2 aliphatic rings. The van der Waals surface area contributed by atoms with E-state index in [1.807, 2.05) is 0 Å². The first-order valence-corrected chi connectivity index (χ1v) is 9.02. The molecule has 0 aromatic carbocycles. The van der Waals surface area contributed by atoms with E-state index in [0.29, 0.717) is 25.6 Å². The fourth-order valence-corrected chi connectivity index (χ4v) is 4.40. The van der Waals surface area contributed by atoms with Gasteiger partial charge in [0.2, 0.25) is 10.0 Å². The summed E-state index contributed by atoms with van der Waals surface area (Å²) in [6.07, 6.45) is 1.75. The highest BCUT2D eigenvalue weighted by Gasteiger charge is 2.31. The molecule has 0 unspecified atom stereocenters. The van der Waals surface area contributed by atoms with Gasteiger partial charge in [-0.1, -0.05) is 0 Å². The van der Waals surface area contributed by atoms with E-state index < -0.39 is 10.0 Å². The summed E-state index contributed by atoms with van der Waals surface area (Å²) in [6, 6.07) is 1.34. The first-order valence-electron chi connectivity index (χ1n) is 7.58. The summed E-state index contributed by atoms with van der Waals surface area (Å²) in [4.78, 5) is 12.2. The molecule has 1 amide bonds. The summed E-state index contributed by atoms with van der Waals surface area (Å²) in [5, 5.41) is 5.91. The van der Waals surface area contributed by atoms with Crippen molar-refractivity contribution in [3.8, 4) is 0 Å². The van der Waals surface area contributed by atoms with Crippen LogP contribution in [0.1, 0.15) is 29.2 Å². The van der Waals surface area contributed by atoms with Crippen LogP contribution >= 0.6 is 12.4 Å². The summed E-state index contributed by atoms with van der Waals surface area (Å²) < 4.78 is 31.9. The molecule has 2 saturated heterocycles. The van der Waals surface area contributed by atoms with Gasteiger partial charge >= 0.3 is 0 Å². The Morgan fingerprint density at radius 2 is 2.04 bits per heavy atom. The van der Waals surface area contributed by atoms with E-state index in [1.165, 1.54) is 10.4 Å². The van der Waals surface area contributed by atoms with Crippen molar-refractivity contribution in [1.29, 1.82) is 0 Å². The summed E-state index contributed by atoms with van der Waals surface area (Å²) in [5.41, 5.74) is 0. The Balaban J connectivity index is 0.00000192. The third-order valence-corrected chi connectivity index (χ3v) is 6.20. The van der Waals surface area contributed by atoms with E-state index in [9.17, 15) is 13.2 Å². The van der Waals surface area contributed by atoms with Gasteiger partial charge in [-0.15, -0.1) is 12.4 Å². The first kappa shape index (κ1) is 18.3. The molecule has 2 N–H and O–H groups in total. The minimum absolute atomic E-state index is 0. The number of carbonyl (C=O) groups excluding carboxylic acids is 1. The second kappa shape index (κ2) is 7.21. The predicted octanol–water partition coefficient (Wildman–Crippen LogP) is 0.744. The molecule has 1 aromatic heterocycles. The largest absolute Gasteiger partial charge is 0.455 e. The molecule has 0 spiro atoms. The van der Waals surface area contributed by atoms with Crippen molar-refractivity contribution in [2.24, 2.45) is 5.92 Å². The monoisotopic (exact) mass is 363 g/mol. The van der Waals surface area contributed by atoms with Gasteiger partial charge in [0.1, 0.15) is 10.7 Å². The van der Waals surface area contributed by atoms with Crippen molar-refractivity contribution in [2.75, 3.05) is 32.7 Å². The van der Waals surface area contributed by atoms with Crippen molar-refractivity contribution in [1.82, 2.24) is 14.9 Å². The van der Waals surface area contributed by atoms with Gasteiger partial charge in [-0.3, -0.25) is 4.79 Å². The molecule has 7 nitrogen and oxygen atoms in total. The SMILES string of the molecule is Cc1oc(C(=O)NCC2CNC2)cc1S(=O)(=O)N1CCCC1.Cl. The Morgan fingerprint density at radius 1 is 1.39 bits per heavy atom. The molecule has 23 heavy (non-hydrogen) atoms. The third-order valence-electron chi connectivity index (χ3n) is 4.20. The van der Waals surface area contributed by atoms with Gasteiger partial charge in [-0.05, 0) is 19.8 Å². The van der Waals surface area contributed by atoms with Crippen molar-refractivity contribution >= 4 is 28.3 Å². The van der Waals surface area contributed by atoms with Crippen molar-refractivity contribution in [3.63, 3.8) is 0 Å². The highest BCUT2D eigenvalue weighted by atomic mass is 35.5. The number of amides is 1. The average molecular weight is 364 g/mol. The molecule has 3 heterocycles. The molecule has 2 aliphatic heterocycles. The molecular weight excluding hydrogens is 342 g/mol. The average Bonchev–Trinajstić information content (AvgIpc) is 3.05. The van der Waals surface area contributed by atoms with Crippen LogP contribution in [0.4, 0.5) is 0 Å². The zero-order valence-electron chi connectivity index (χ0n) is 13.0. The maximum absolute atomic E-state index is 12.5. The highest BCUT2D eigenvalue weighted by molar-refractivity contribution is 7.89. The molecule has 9 heteroatoms. The van der Waals surface area contributed by atoms with E-state index in [1.54, 1.807) is 6.92 Å². The molecule has 1 aromatic rings. The number of hydrogen-bond acceptors (Lipinski definition) is 5. The molecule has 0 atom stereocenters. The van der Waals surface area contributed by atoms with Crippen LogP contribution in [-0.2, 0) is 10.0 Å². The van der Waals surface area contributed by atoms with Crippen LogP contribution in [0.15, 0.2) is 15.4 Å². The Hall–Kier alpha value is -1.09. The number of halogens is 1. The number of aryl methyl sites for hydroxylation is 1. The first-order chi connectivity index (χ1) is 10.5. The molecule has 3 rings (SSSR count). The molecule has 2 fully saturated rings. The summed E-state index contributed by atoms with van der Waals surface area (Å²) in [6.45, 7) is 5.00. The van der Waals surface area contributed by atoms with Crippen LogP contribution in [0, 0.1) is 12.8 Å². The quantitative estimate of drug-likeness (QED) is 0.805. The lowest BCUT2D eigenvalue weighted by molar-refractivity contribution is 0.0913. The van der Waals surface area contributed by atoms with E-state index in [2.05, 4.69) is 10.6 Å². The minimum Gasteiger partial charge on any atom is -0.455 e. The van der Waals surface area contributed by atoms with Crippen LogP contribution < -0.4 is 10.6 Å². The van der Waals surface area contributed by atoms with Crippen LogP contribution in [0.25, 0.3) is 0 Å². The van der Waals surface area contributed by atoms with Crippen LogP contribution in [0.2, 0.25) is 0 Å². The van der Waals surface area contributed by atoms with Crippen LogP contribution in [-0.4, -0.2) is 51.4 Å². The second-order valence-corrected chi connectivity index (χ2v) is 7.78. The smallest absolute Gasteiger partial charge is 0.287 e. The van der Waals surface area contributed by atoms with E-state index in [4.69, 9.17) is 4.42 Å². The summed E-state index contributed by atoms with van der Waals surface area (Å²) >= 11 is 0. The number of sulfonamides is 1. The van der Waals surface area contributed by atoms with Crippen molar-refractivity contribution in [3.05, 3.63) is 17.6 Å². The van der Waals surface area contributed by atoms with Gasteiger partial charge in [-0.25, -0.2) is 8.42 Å². The maximum atomic E-state index is 12.5. The number of nitrogens with zero attached hydrogens (tertiary/aromatic N) is 1. The molecule has 0 aliphatic carbocycles. The topological polar surface area (TPSA) is 91.6 Å². The lowest BCUT2D eigenvalue weighted by atomic mass is 10.0. The maximum Gasteiger partial charge on any atom is 0.287 e. The van der Waals surface area contributed by atoms with Crippen molar-refractivity contribution < 1.29 is 17.6 Å². The number of hydrogen-bond donors (Lipinski definition) is 2.